The molecule has 2 unspecified atom stereocenters. The van der Waals surface area contributed by atoms with Crippen LogP contribution < -0.4 is 5.32 Å². The number of nitrogens with zero attached hydrogens (tertiary/aromatic N) is 1. The molecule has 0 heterocycles. The van der Waals surface area contributed by atoms with Crippen LogP contribution in [0.25, 0.3) is 0 Å². The SMILES string of the molecule is CCN(CC(O)c1ccc(C)cc1)C(=O)NC(C)CSC. The standard InChI is InChI=1S/C16H26N2O2S/c1-5-18(16(20)17-13(3)11-21-4)10-15(19)14-8-6-12(2)7-9-14/h6-9,13,15,19H,5,10-11H2,1-4H3,(H,17,20). The van der Waals surface area contributed by atoms with Crippen molar-refractivity contribution in [1.29, 1.82) is 0 Å². The van der Waals surface area contributed by atoms with Crippen LogP contribution in [-0.2, 0) is 0 Å². The largest absolute Gasteiger partial charge is 0.387 e. The van der Waals surface area contributed by atoms with Crippen molar-refractivity contribution in [2.45, 2.75) is 32.9 Å². The Hall–Kier alpha value is -1.20. The number of amides is 2. The highest BCUT2D eigenvalue weighted by atomic mass is 32.2. The monoisotopic (exact) mass is 310 g/mol. The number of benzene rings is 1. The van der Waals surface area contributed by atoms with Crippen molar-refractivity contribution in [3.05, 3.63) is 35.4 Å². The van der Waals surface area contributed by atoms with Gasteiger partial charge in [-0.2, -0.15) is 11.8 Å². The van der Waals surface area contributed by atoms with E-state index >= 15 is 0 Å². The molecule has 1 rings (SSSR count). The summed E-state index contributed by atoms with van der Waals surface area (Å²) in [7, 11) is 0. The average Bonchev–Trinajstić information content (AvgIpc) is 2.45. The van der Waals surface area contributed by atoms with Crippen LogP contribution in [0.15, 0.2) is 24.3 Å². The zero-order valence-corrected chi connectivity index (χ0v) is 14.1. The van der Waals surface area contributed by atoms with Gasteiger partial charge in [0.15, 0.2) is 0 Å². The fourth-order valence-corrected chi connectivity index (χ4v) is 2.64. The average molecular weight is 310 g/mol. The summed E-state index contributed by atoms with van der Waals surface area (Å²) in [6.07, 6.45) is 1.36. The molecule has 1 aromatic carbocycles. The zero-order chi connectivity index (χ0) is 15.8. The Labute approximate surface area is 131 Å². The van der Waals surface area contributed by atoms with E-state index in [0.29, 0.717) is 13.1 Å². The quantitative estimate of drug-likeness (QED) is 0.814. The van der Waals surface area contributed by atoms with E-state index < -0.39 is 6.10 Å². The van der Waals surface area contributed by atoms with Gasteiger partial charge in [-0.15, -0.1) is 0 Å². The second-order valence-corrected chi connectivity index (χ2v) is 6.18. The lowest BCUT2D eigenvalue weighted by Crippen LogP contribution is -2.46. The number of hydrogen-bond acceptors (Lipinski definition) is 3. The molecular formula is C16H26N2O2S. The normalized spacial score (nSPS) is 13.6. The van der Waals surface area contributed by atoms with Crippen molar-refractivity contribution < 1.29 is 9.90 Å². The van der Waals surface area contributed by atoms with Crippen LogP contribution in [-0.4, -0.2) is 47.2 Å². The number of hydrogen-bond donors (Lipinski definition) is 2. The maximum Gasteiger partial charge on any atom is 0.317 e. The first-order valence-corrected chi connectivity index (χ1v) is 8.66. The minimum Gasteiger partial charge on any atom is -0.387 e. The smallest absolute Gasteiger partial charge is 0.317 e. The van der Waals surface area contributed by atoms with Crippen LogP contribution in [0, 0.1) is 6.92 Å². The van der Waals surface area contributed by atoms with Crippen molar-refractivity contribution in [3.63, 3.8) is 0 Å². The molecule has 0 fully saturated rings. The maximum atomic E-state index is 12.2. The predicted molar refractivity (Wildman–Crippen MR) is 89.8 cm³/mol. The van der Waals surface area contributed by atoms with Gasteiger partial charge in [-0.3, -0.25) is 0 Å². The summed E-state index contributed by atoms with van der Waals surface area (Å²) in [5, 5.41) is 13.2. The fraction of sp³-hybridized carbons (Fsp3) is 0.562. The van der Waals surface area contributed by atoms with Gasteiger partial charge in [-0.25, -0.2) is 4.79 Å². The summed E-state index contributed by atoms with van der Waals surface area (Å²) in [4.78, 5) is 13.8. The fourth-order valence-electron chi connectivity index (χ4n) is 2.05. The predicted octanol–water partition coefficient (Wildman–Crippen LogP) is 2.81. The summed E-state index contributed by atoms with van der Waals surface area (Å²) in [6.45, 7) is 6.78. The molecule has 0 aliphatic carbocycles. The van der Waals surface area contributed by atoms with Crippen molar-refractivity contribution in [1.82, 2.24) is 10.2 Å². The van der Waals surface area contributed by atoms with Crippen molar-refractivity contribution in [2.24, 2.45) is 0 Å². The lowest BCUT2D eigenvalue weighted by Gasteiger charge is -2.26. The summed E-state index contributed by atoms with van der Waals surface area (Å²) < 4.78 is 0. The molecule has 2 atom stereocenters. The highest BCUT2D eigenvalue weighted by molar-refractivity contribution is 7.98. The molecule has 0 aromatic heterocycles. The number of carbonyl (C=O) groups excluding carboxylic acids is 1. The summed E-state index contributed by atoms with van der Waals surface area (Å²) in [6, 6.07) is 7.75. The Morgan fingerprint density at radius 1 is 1.38 bits per heavy atom. The van der Waals surface area contributed by atoms with Crippen LogP contribution in [0.4, 0.5) is 4.79 Å². The molecule has 4 nitrogen and oxygen atoms in total. The molecule has 21 heavy (non-hydrogen) atoms. The first kappa shape index (κ1) is 17.9. The molecule has 0 saturated carbocycles. The van der Waals surface area contributed by atoms with Gasteiger partial charge in [0.25, 0.3) is 0 Å². The van der Waals surface area contributed by atoms with E-state index in [0.717, 1.165) is 16.9 Å². The highest BCUT2D eigenvalue weighted by Crippen LogP contribution is 2.15. The van der Waals surface area contributed by atoms with Gasteiger partial charge < -0.3 is 15.3 Å². The number of aryl methyl sites for hydroxylation is 1. The molecule has 2 amide bonds. The summed E-state index contributed by atoms with van der Waals surface area (Å²) >= 11 is 1.70. The molecule has 118 valence electrons. The van der Waals surface area contributed by atoms with Gasteiger partial charge >= 0.3 is 6.03 Å². The molecule has 0 saturated heterocycles. The Kier molecular flexibility index (Phi) is 7.61. The molecule has 0 bridgehead atoms. The lowest BCUT2D eigenvalue weighted by molar-refractivity contribution is 0.122. The van der Waals surface area contributed by atoms with E-state index in [9.17, 15) is 9.90 Å². The van der Waals surface area contributed by atoms with E-state index in [1.807, 2.05) is 51.3 Å². The second-order valence-electron chi connectivity index (χ2n) is 5.27. The number of carbonyl (C=O) groups is 1. The molecule has 1 aromatic rings. The van der Waals surface area contributed by atoms with Crippen molar-refractivity contribution in [3.8, 4) is 0 Å². The second kappa shape index (κ2) is 8.95. The van der Waals surface area contributed by atoms with Crippen LogP contribution in [0.5, 0.6) is 0 Å². The first-order chi connectivity index (χ1) is 9.97. The maximum absolute atomic E-state index is 12.2. The van der Waals surface area contributed by atoms with Crippen molar-refractivity contribution in [2.75, 3.05) is 25.1 Å². The van der Waals surface area contributed by atoms with Crippen LogP contribution in [0.1, 0.15) is 31.1 Å². The van der Waals surface area contributed by atoms with Gasteiger partial charge in [0.05, 0.1) is 12.6 Å². The van der Waals surface area contributed by atoms with Gasteiger partial charge in [-0.1, -0.05) is 29.8 Å². The van der Waals surface area contributed by atoms with E-state index in [1.165, 1.54) is 0 Å². The Balaban J connectivity index is 2.60. The molecule has 5 heteroatoms. The molecule has 0 radical (unpaired) electrons. The third-order valence-corrected chi connectivity index (χ3v) is 4.14. The van der Waals surface area contributed by atoms with Gasteiger partial charge in [0.1, 0.15) is 0 Å². The number of urea groups is 1. The molecule has 0 aliphatic rings. The number of thioether (sulfide) groups is 1. The van der Waals surface area contributed by atoms with Gasteiger partial charge in [0.2, 0.25) is 0 Å². The Morgan fingerprint density at radius 2 is 2.00 bits per heavy atom. The zero-order valence-electron chi connectivity index (χ0n) is 13.3. The van der Waals surface area contributed by atoms with Gasteiger partial charge in [-0.05, 0) is 32.6 Å². The number of aliphatic hydroxyl groups excluding tert-OH is 1. The molecular weight excluding hydrogens is 284 g/mol. The van der Waals surface area contributed by atoms with E-state index in [1.54, 1.807) is 16.7 Å². The Morgan fingerprint density at radius 3 is 2.52 bits per heavy atom. The minimum absolute atomic E-state index is 0.120. The molecule has 2 N–H and O–H groups in total. The van der Waals surface area contributed by atoms with Gasteiger partial charge in [0, 0.05) is 18.3 Å². The number of likely N-dealkylation sites (N-methyl/N-ethyl adjacent to an activating group) is 1. The summed E-state index contributed by atoms with van der Waals surface area (Å²) in [5.41, 5.74) is 1.99. The van der Waals surface area contributed by atoms with E-state index in [4.69, 9.17) is 0 Å². The highest BCUT2D eigenvalue weighted by Gasteiger charge is 2.18. The Bertz CT molecular complexity index is 436. The third-order valence-electron chi connectivity index (χ3n) is 3.31. The minimum atomic E-state index is -0.660. The van der Waals surface area contributed by atoms with Crippen LogP contribution in [0.3, 0.4) is 0 Å². The van der Waals surface area contributed by atoms with Crippen LogP contribution >= 0.6 is 11.8 Å². The molecule has 0 aliphatic heterocycles. The summed E-state index contributed by atoms with van der Waals surface area (Å²) in [5.74, 6) is 0.879. The number of aliphatic hydroxyl groups is 1. The van der Waals surface area contributed by atoms with Crippen molar-refractivity contribution >= 4 is 17.8 Å². The number of rotatable bonds is 7. The van der Waals surface area contributed by atoms with Crippen LogP contribution in [0.2, 0.25) is 0 Å². The lowest BCUT2D eigenvalue weighted by atomic mass is 10.1. The first-order valence-electron chi connectivity index (χ1n) is 7.26. The van der Waals surface area contributed by atoms with E-state index in [2.05, 4.69) is 5.32 Å². The topological polar surface area (TPSA) is 52.6 Å². The third kappa shape index (κ3) is 5.98. The van der Waals surface area contributed by atoms with E-state index in [-0.39, 0.29) is 12.1 Å². The number of nitrogens with one attached hydrogen (secondary N) is 1. The molecule has 0 spiro atoms.